The van der Waals surface area contributed by atoms with E-state index in [1.807, 2.05) is 24.3 Å². The number of rotatable bonds is 6. The van der Waals surface area contributed by atoms with Crippen molar-refractivity contribution in [2.24, 2.45) is 5.73 Å². The number of fused-ring (bicyclic) bond motifs is 1. The van der Waals surface area contributed by atoms with Gasteiger partial charge >= 0.3 is 0 Å². The quantitative estimate of drug-likeness (QED) is 0.539. The van der Waals surface area contributed by atoms with E-state index in [0.717, 1.165) is 16.7 Å². The van der Waals surface area contributed by atoms with Crippen LogP contribution in [0.3, 0.4) is 0 Å². The first-order valence-electron chi connectivity index (χ1n) is 10.5. The van der Waals surface area contributed by atoms with E-state index in [1.165, 1.54) is 18.5 Å². The Hall–Kier alpha value is -4.07. The van der Waals surface area contributed by atoms with Crippen molar-refractivity contribution in [2.45, 2.75) is 31.8 Å². The maximum Gasteiger partial charge on any atom is 0.270 e. The first kappa shape index (κ1) is 22.1. The maximum atomic E-state index is 13.4. The largest absolute Gasteiger partial charge is 0.402 e. The van der Waals surface area contributed by atoms with Crippen LogP contribution in [-0.2, 0) is 6.54 Å². The van der Waals surface area contributed by atoms with Gasteiger partial charge in [0.25, 0.3) is 11.8 Å². The van der Waals surface area contributed by atoms with Crippen LogP contribution in [0.2, 0.25) is 0 Å². The summed E-state index contributed by atoms with van der Waals surface area (Å²) in [6.45, 7) is 5.73. The Bertz CT molecular complexity index is 1240. The van der Waals surface area contributed by atoms with Gasteiger partial charge in [0.15, 0.2) is 0 Å². The molecule has 33 heavy (non-hydrogen) atoms. The molecular formula is C25H24FN5O2. The Labute approximate surface area is 191 Å². The average molecular weight is 445 g/mol. The molecule has 1 heterocycles. The predicted octanol–water partition coefficient (Wildman–Crippen LogP) is 3.28. The third-order valence-corrected chi connectivity index (χ3v) is 5.78. The van der Waals surface area contributed by atoms with Crippen molar-refractivity contribution in [1.82, 2.24) is 20.6 Å². The van der Waals surface area contributed by atoms with Crippen molar-refractivity contribution >= 4 is 11.8 Å². The fourth-order valence-electron chi connectivity index (χ4n) is 4.05. The standard InChI is InChI=1S/C25H24FN5O2/c1-14-9-16(7-8-20(14)26)12-28-24(32)22-11-23(30-13-29-22)25(33)31-21-10-19(15(2)27)17-5-3-4-6-18(17)21/h3-9,11,13,19,21H,2,10,12,27H2,1H3,(H,28,32)(H,31,33)/t19-,21-/m0/s1. The first-order valence-corrected chi connectivity index (χ1v) is 10.5. The number of nitrogens with two attached hydrogens (primary N) is 1. The number of allylic oxidation sites excluding steroid dienone is 1. The van der Waals surface area contributed by atoms with E-state index in [1.54, 1.807) is 19.1 Å². The normalized spacial score (nSPS) is 16.7. The molecule has 0 saturated carbocycles. The van der Waals surface area contributed by atoms with Gasteiger partial charge in [-0.2, -0.15) is 0 Å². The number of carbonyl (C=O) groups excluding carboxylic acids is 2. The lowest BCUT2D eigenvalue weighted by molar-refractivity contribution is 0.0930. The zero-order valence-electron chi connectivity index (χ0n) is 18.1. The number of amides is 2. The fourth-order valence-corrected chi connectivity index (χ4v) is 4.05. The molecule has 0 aliphatic heterocycles. The van der Waals surface area contributed by atoms with Crippen molar-refractivity contribution < 1.29 is 14.0 Å². The molecule has 2 amide bonds. The average Bonchev–Trinajstić information content (AvgIpc) is 3.18. The molecule has 7 nitrogen and oxygen atoms in total. The highest BCUT2D eigenvalue weighted by atomic mass is 19.1. The Morgan fingerprint density at radius 1 is 1.09 bits per heavy atom. The van der Waals surface area contributed by atoms with E-state index >= 15 is 0 Å². The molecule has 0 saturated heterocycles. The lowest BCUT2D eigenvalue weighted by Gasteiger charge is -2.14. The zero-order chi connectivity index (χ0) is 23.5. The summed E-state index contributed by atoms with van der Waals surface area (Å²) in [5, 5.41) is 5.70. The molecule has 1 aliphatic rings. The lowest BCUT2D eigenvalue weighted by atomic mass is 9.99. The highest BCUT2D eigenvalue weighted by Gasteiger charge is 2.32. The topological polar surface area (TPSA) is 110 Å². The van der Waals surface area contributed by atoms with Gasteiger partial charge in [-0.1, -0.05) is 43.0 Å². The van der Waals surface area contributed by atoms with E-state index < -0.39 is 11.8 Å². The Balaban J connectivity index is 1.44. The zero-order valence-corrected chi connectivity index (χ0v) is 18.1. The van der Waals surface area contributed by atoms with E-state index in [4.69, 9.17) is 5.73 Å². The van der Waals surface area contributed by atoms with Gasteiger partial charge < -0.3 is 16.4 Å². The van der Waals surface area contributed by atoms with Crippen LogP contribution in [0.5, 0.6) is 0 Å². The van der Waals surface area contributed by atoms with Crippen molar-refractivity contribution in [3.8, 4) is 0 Å². The van der Waals surface area contributed by atoms with Gasteiger partial charge in [0.1, 0.15) is 23.5 Å². The van der Waals surface area contributed by atoms with Crippen LogP contribution < -0.4 is 16.4 Å². The van der Waals surface area contributed by atoms with Crippen LogP contribution in [-0.4, -0.2) is 21.8 Å². The van der Waals surface area contributed by atoms with Gasteiger partial charge in [-0.05, 0) is 41.7 Å². The van der Waals surface area contributed by atoms with E-state index in [-0.39, 0.29) is 35.7 Å². The minimum Gasteiger partial charge on any atom is -0.402 e. The second-order valence-electron chi connectivity index (χ2n) is 8.07. The minimum absolute atomic E-state index is 0.0339. The van der Waals surface area contributed by atoms with Gasteiger partial charge in [-0.3, -0.25) is 9.59 Å². The number of nitrogens with one attached hydrogen (secondary N) is 2. The molecular weight excluding hydrogens is 421 g/mol. The number of halogens is 1. The fraction of sp³-hybridized carbons (Fsp3) is 0.200. The smallest absolute Gasteiger partial charge is 0.270 e. The lowest BCUT2D eigenvalue weighted by Crippen LogP contribution is -2.29. The van der Waals surface area contributed by atoms with Crippen molar-refractivity contribution in [1.29, 1.82) is 0 Å². The Morgan fingerprint density at radius 3 is 2.48 bits per heavy atom. The highest BCUT2D eigenvalue weighted by molar-refractivity contribution is 5.97. The monoisotopic (exact) mass is 445 g/mol. The molecule has 4 N–H and O–H groups in total. The predicted molar refractivity (Wildman–Crippen MR) is 122 cm³/mol. The molecule has 2 aromatic carbocycles. The molecule has 0 spiro atoms. The number of carbonyl (C=O) groups is 2. The number of aromatic nitrogens is 2. The summed E-state index contributed by atoms with van der Waals surface area (Å²) in [7, 11) is 0. The Morgan fingerprint density at radius 2 is 1.79 bits per heavy atom. The molecule has 3 aromatic rings. The number of aryl methyl sites for hydroxylation is 1. The Kier molecular flexibility index (Phi) is 6.17. The van der Waals surface area contributed by atoms with Crippen molar-refractivity contribution in [3.63, 3.8) is 0 Å². The van der Waals surface area contributed by atoms with Gasteiger partial charge in [-0.25, -0.2) is 14.4 Å². The number of nitrogens with zero attached hydrogens (tertiary/aromatic N) is 2. The summed E-state index contributed by atoms with van der Waals surface area (Å²) in [4.78, 5) is 33.4. The van der Waals surface area contributed by atoms with E-state index in [0.29, 0.717) is 17.7 Å². The van der Waals surface area contributed by atoms with Crippen LogP contribution in [0.15, 0.2) is 67.1 Å². The first-order chi connectivity index (χ1) is 15.8. The van der Waals surface area contributed by atoms with E-state index in [2.05, 4.69) is 27.2 Å². The maximum absolute atomic E-state index is 13.4. The molecule has 8 heteroatoms. The second kappa shape index (κ2) is 9.20. The van der Waals surface area contributed by atoms with Crippen molar-refractivity contribution in [3.05, 3.63) is 107 Å². The molecule has 1 aliphatic carbocycles. The summed E-state index contributed by atoms with van der Waals surface area (Å²) < 4.78 is 13.4. The van der Waals surface area contributed by atoms with Gasteiger partial charge in [-0.15, -0.1) is 0 Å². The van der Waals surface area contributed by atoms with Gasteiger partial charge in [0.05, 0.1) is 6.04 Å². The number of hydrogen-bond acceptors (Lipinski definition) is 5. The molecule has 0 unspecified atom stereocenters. The molecule has 0 fully saturated rings. The summed E-state index contributed by atoms with van der Waals surface area (Å²) >= 11 is 0. The molecule has 1 aromatic heterocycles. The van der Waals surface area contributed by atoms with Crippen LogP contribution in [0.25, 0.3) is 0 Å². The third kappa shape index (κ3) is 4.74. The van der Waals surface area contributed by atoms with Crippen molar-refractivity contribution in [2.75, 3.05) is 0 Å². The molecule has 2 atom stereocenters. The summed E-state index contributed by atoms with van der Waals surface area (Å²) in [5.74, 6) is -1.21. The highest BCUT2D eigenvalue weighted by Crippen LogP contribution is 2.42. The van der Waals surface area contributed by atoms with Crippen LogP contribution in [0.4, 0.5) is 4.39 Å². The molecule has 0 radical (unpaired) electrons. The van der Waals surface area contributed by atoms with Gasteiger partial charge in [0, 0.05) is 24.2 Å². The summed E-state index contributed by atoms with van der Waals surface area (Å²) in [6, 6.07) is 13.5. The van der Waals surface area contributed by atoms with Crippen LogP contribution in [0.1, 0.15) is 61.6 Å². The summed E-state index contributed by atoms with van der Waals surface area (Å²) in [5.41, 5.74) is 9.96. The number of hydrogen-bond donors (Lipinski definition) is 3. The SMILES string of the molecule is C=C(N)[C@@H]1C[C@H](NC(=O)c2cc(C(=O)NCc3ccc(F)c(C)c3)ncn2)c2ccccc21. The third-order valence-electron chi connectivity index (χ3n) is 5.78. The van der Waals surface area contributed by atoms with Gasteiger partial charge in [0.2, 0.25) is 0 Å². The van der Waals surface area contributed by atoms with E-state index in [9.17, 15) is 14.0 Å². The number of benzene rings is 2. The minimum atomic E-state index is -0.459. The molecule has 168 valence electrons. The molecule has 4 rings (SSSR count). The summed E-state index contributed by atoms with van der Waals surface area (Å²) in [6.07, 6.45) is 1.79. The van der Waals surface area contributed by atoms with Crippen LogP contribution in [0, 0.1) is 12.7 Å². The molecule has 0 bridgehead atoms. The second-order valence-corrected chi connectivity index (χ2v) is 8.07. The van der Waals surface area contributed by atoms with Crippen LogP contribution >= 0.6 is 0 Å².